The molecule has 0 bridgehead atoms. The molecule has 0 radical (unpaired) electrons. The van der Waals surface area contributed by atoms with Crippen molar-refractivity contribution in [2.24, 2.45) is 0 Å². The van der Waals surface area contributed by atoms with Gasteiger partial charge in [-0.05, 0) is 17.7 Å². The Morgan fingerprint density at radius 3 is 1.79 bits per heavy atom. The Morgan fingerprint density at radius 2 is 1.21 bits per heavy atom. The summed E-state index contributed by atoms with van der Waals surface area (Å²) in [6.45, 7) is 0. The SMILES string of the molecule is C1=CC(c2c3ccccc3nc3ccccc23)C=C1. The molecular weight excluding hydrogens is 230 g/mol. The van der Waals surface area contributed by atoms with Crippen molar-refractivity contribution in [2.75, 3.05) is 0 Å². The standard InChI is InChI=1S/C18H13N/c1-2-8-13(7-1)18-14-9-3-5-11-16(14)19-17-12-6-4-10-15(17)18/h1-13H. The van der Waals surface area contributed by atoms with Gasteiger partial charge in [0, 0.05) is 16.7 Å². The van der Waals surface area contributed by atoms with E-state index in [1.165, 1.54) is 16.3 Å². The molecule has 3 aromatic rings. The van der Waals surface area contributed by atoms with Gasteiger partial charge in [0.05, 0.1) is 11.0 Å². The summed E-state index contributed by atoms with van der Waals surface area (Å²) in [7, 11) is 0. The maximum Gasteiger partial charge on any atom is 0.0712 e. The zero-order valence-electron chi connectivity index (χ0n) is 10.5. The van der Waals surface area contributed by atoms with Crippen molar-refractivity contribution in [3.8, 4) is 0 Å². The molecule has 0 N–H and O–H groups in total. The van der Waals surface area contributed by atoms with Gasteiger partial charge < -0.3 is 0 Å². The molecule has 1 aromatic heterocycles. The number of fused-ring (bicyclic) bond motifs is 2. The second-order valence-corrected chi connectivity index (χ2v) is 4.86. The quantitative estimate of drug-likeness (QED) is 0.569. The van der Waals surface area contributed by atoms with Crippen LogP contribution in [0.15, 0.2) is 72.8 Å². The molecule has 0 saturated heterocycles. The minimum Gasteiger partial charge on any atom is -0.248 e. The van der Waals surface area contributed by atoms with Crippen LogP contribution in [0.25, 0.3) is 21.8 Å². The first-order chi connectivity index (χ1) is 9.43. The molecule has 0 atom stereocenters. The highest BCUT2D eigenvalue weighted by molar-refractivity contribution is 5.98. The van der Waals surface area contributed by atoms with Gasteiger partial charge in [-0.25, -0.2) is 4.98 Å². The third-order valence-corrected chi connectivity index (χ3v) is 3.71. The number of rotatable bonds is 1. The van der Waals surface area contributed by atoms with Gasteiger partial charge in [0.15, 0.2) is 0 Å². The summed E-state index contributed by atoms with van der Waals surface area (Å²) in [5.74, 6) is 0.359. The maximum atomic E-state index is 4.76. The van der Waals surface area contributed by atoms with Gasteiger partial charge in [-0.3, -0.25) is 0 Å². The smallest absolute Gasteiger partial charge is 0.0712 e. The number of aromatic nitrogens is 1. The van der Waals surface area contributed by atoms with E-state index in [9.17, 15) is 0 Å². The molecule has 1 heteroatoms. The fourth-order valence-corrected chi connectivity index (χ4v) is 2.86. The molecule has 2 aromatic carbocycles. The summed E-state index contributed by atoms with van der Waals surface area (Å²) in [5, 5.41) is 2.50. The number of nitrogens with zero attached hydrogens (tertiary/aromatic N) is 1. The molecule has 0 unspecified atom stereocenters. The largest absolute Gasteiger partial charge is 0.248 e. The molecular formula is C18H13N. The van der Waals surface area contributed by atoms with Crippen LogP contribution in [0.4, 0.5) is 0 Å². The molecule has 4 rings (SSSR count). The number of para-hydroxylation sites is 2. The van der Waals surface area contributed by atoms with Crippen LogP contribution in [0, 0.1) is 0 Å². The first-order valence-electron chi connectivity index (χ1n) is 6.56. The summed E-state index contributed by atoms with van der Waals surface area (Å²) in [4.78, 5) is 4.76. The minimum atomic E-state index is 0.359. The lowest BCUT2D eigenvalue weighted by Gasteiger charge is -2.14. The number of hydrogen-bond donors (Lipinski definition) is 0. The molecule has 19 heavy (non-hydrogen) atoms. The highest BCUT2D eigenvalue weighted by Crippen LogP contribution is 2.34. The van der Waals surface area contributed by atoms with Gasteiger partial charge in [0.1, 0.15) is 0 Å². The molecule has 0 spiro atoms. The molecule has 1 heterocycles. The van der Waals surface area contributed by atoms with Gasteiger partial charge in [0.25, 0.3) is 0 Å². The zero-order valence-corrected chi connectivity index (χ0v) is 10.5. The summed E-state index contributed by atoms with van der Waals surface area (Å²) in [5.41, 5.74) is 3.51. The van der Waals surface area contributed by atoms with Gasteiger partial charge >= 0.3 is 0 Å². The van der Waals surface area contributed by atoms with Gasteiger partial charge in [-0.15, -0.1) is 0 Å². The molecule has 0 fully saturated rings. The van der Waals surface area contributed by atoms with E-state index in [2.05, 4.69) is 60.7 Å². The molecule has 0 saturated carbocycles. The van der Waals surface area contributed by atoms with E-state index in [4.69, 9.17) is 4.98 Å². The second kappa shape index (κ2) is 4.06. The lowest BCUT2D eigenvalue weighted by molar-refractivity contribution is 1.14. The van der Waals surface area contributed by atoms with Crippen LogP contribution in [0.3, 0.4) is 0 Å². The van der Waals surface area contributed by atoms with Gasteiger partial charge in [-0.2, -0.15) is 0 Å². The first-order valence-corrected chi connectivity index (χ1v) is 6.56. The fraction of sp³-hybridized carbons (Fsp3) is 0.0556. The average Bonchev–Trinajstić information content (AvgIpc) is 2.98. The Bertz CT molecular complexity index is 761. The molecule has 1 aliphatic rings. The molecule has 0 amide bonds. The summed E-state index contributed by atoms with van der Waals surface area (Å²) in [6, 6.07) is 16.8. The van der Waals surface area contributed by atoms with Gasteiger partial charge in [0.2, 0.25) is 0 Å². The number of benzene rings is 2. The Hall–Kier alpha value is -2.41. The summed E-state index contributed by atoms with van der Waals surface area (Å²) in [6.07, 6.45) is 8.73. The van der Waals surface area contributed by atoms with Crippen LogP contribution in [0.1, 0.15) is 11.5 Å². The minimum absolute atomic E-state index is 0.359. The highest BCUT2D eigenvalue weighted by atomic mass is 14.7. The van der Waals surface area contributed by atoms with Crippen molar-refractivity contribution in [3.05, 3.63) is 78.4 Å². The first kappa shape index (κ1) is 10.5. The monoisotopic (exact) mass is 243 g/mol. The second-order valence-electron chi connectivity index (χ2n) is 4.86. The Kier molecular flexibility index (Phi) is 2.25. The molecule has 1 aliphatic carbocycles. The van der Waals surface area contributed by atoms with Crippen molar-refractivity contribution < 1.29 is 0 Å². The van der Waals surface area contributed by atoms with E-state index in [0.29, 0.717) is 5.92 Å². The molecule has 0 aliphatic heterocycles. The summed E-state index contributed by atoms with van der Waals surface area (Å²) < 4.78 is 0. The van der Waals surface area contributed by atoms with Crippen molar-refractivity contribution >= 4 is 21.8 Å². The van der Waals surface area contributed by atoms with Crippen molar-refractivity contribution in [1.82, 2.24) is 4.98 Å². The maximum absolute atomic E-state index is 4.76. The van der Waals surface area contributed by atoms with E-state index < -0.39 is 0 Å². The van der Waals surface area contributed by atoms with E-state index in [0.717, 1.165) is 11.0 Å². The third kappa shape index (κ3) is 1.59. The number of hydrogen-bond acceptors (Lipinski definition) is 1. The normalized spacial score (nSPS) is 14.7. The topological polar surface area (TPSA) is 12.9 Å². The number of allylic oxidation sites excluding steroid dienone is 4. The van der Waals surface area contributed by atoms with E-state index in [1.807, 2.05) is 12.1 Å². The molecule has 90 valence electrons. The van der Waals surface area contributed by atoms with Crippen LogP contribution in [-0.4, -0.2) is 4.98 Å². The number of pyridine rings is 1. The molecule has 1 nitrogen and oxygen atoms in total. The van der Waals surface area contributed by atoms with E-state index in [-0.39, 0.29) is 0 Å². The summed E-state index contributed by atoms with van der Waals surface area (Å²) >= 11 is 0. The van der Waals surface area contributed by atoms with Crippen LogP contribution in [-0.2, 0) is 0 Å². The zero-order chi connectivity index (χ0) is 12.7. The predicted octanol–water partition coefficient (Wildman–Crippen LogP) is 4.60. The third-order valence-electron chi connectivity index (χ3n) is 3.71. The van der Waals surface area contributed by atoms with Gasteiger partial charge in [-0.1, -0.05) is 60.7 Å². The van der Waals surface area contributed by atoms with Crippen molar-refractivity contribution in [2.45, 2.75) is 5.92 Å². The lowest BCUT2D eigenvalue weighted by Crippen LogP contribution is -1.95. The van der Waals surface area contributed by atoms with Crippen LogP contribution in [0.5, 0.6) is 0 Å². The fourth-order valence-electron chi connectivity index (χ4n) is 2.86. The lowest BCUT2D eigenvalue weighted by atomic mass is 9.92. The Balaban J connectivity index is 2.19. The van der Waals surface area contributed by atoms with Crippen molar-refractivity contribution in [3.63, 3.8) is 0 Å². The van der Waals surface area contributed by atoms with Crippen LogP contribution in [0.2, 0.25) is 0 Å². The predicted molar refractivity (Wildman–Crippen MR) is 80.3 cm³/mol. The Morgan fingerprint density at radius 1 is 0.684 bits per heavy atom. The van der Waals surface area contributed by atoms with E-state index >= 15 is 0 Å². The van der Waals surface area contributed by atoms with Crippen LogP contribution >= 0.6 is 0 Å². The average molecular weight is 243 g/mol. The Labute approximate surface area is 111 Å². The van der Waals surface area contributed by atoms with E-state index in [1.54, 1.807) is 0 Å². The van der Waals surface area contributed by atoms with Crippen molar-refractivity contribution in [1.29, 1.82) is 0 Å². The van der Waals surface area contributed by atoms with Crippen LogP contribution < -0.4 is 0 Å². The highest BCUT2D eigenvalue weighted by Gasteiger charge is 2.15.